The van der Waals surface area contributed by atoms with E-state index in [2.05, 4.69) is 27.9 Å². The van der Waals surface area contributed by atoms with Gasteiger partial charge in [-0.2, -0.15) is 0 Å². The Bertz CT molecular complexity index is 484. The molecule has 16 heavy (non-hydrogen) atoms. The molecule has 0 saturated heterocycles. The molecule has 1 amide bonds. The minimum Gasteiger partial charge on any atom is -0.319 e. The van der Waals surface area contributed by atoms with Crippen LogP contribution >= 0.6 is 12.6 Å². The number of aromatic nitrogens is 2. The van der Waals surface area contributed by atoms with Gasteiger partial charge in [0.05, 0.1) is 18.1 Å². The Morgan fingerprint density at radius 2 is 1.75 bits per heavy atom. The van der Waals surface area contributed by atoms with Gasteiger partial charge in [0.15, 0.2) is 0 Å². The maximum absolute atomic E-state index is 11.7. The second kappa shape index (κ2) is 4.76. The average Bonchev–Trinajstić information content (AvgIpc) is 2.31. The third-order valence-electron chi connectivity index (χ3n) is 1.95. The van der Waals surface area contributed by atoms with E-state index in [1.165, 1.54) is 18.7 Å². The standard InChI is InChI=1S/C11H9N3OS/c15-11(8-1-3-10(16)4-2-8)14-9-5-12-7-13-6-9/h1-7,16H,(H,14,15). The van der Waals surface area contributed by atoms with Gasteiger partial charge in [0.2, 0.25) is 0 Å². The van der Waals surface area contributed by atoms with E-state index in [0.717, 1.165) is 4.90 Å². The molecule has 0 radical (unpaired) electrons. The van der Waals surface area contributed by atoms with Gasteiger partial charge in [-0.25, -0.2) is 9.97 Å². The zero-order chi connectivity index (χ0) is 11.4. The Hall–Kier alpha value is -1.88. The van der Waals surface area contributed by atoms with E-state index in [1.54, 1.807) is 24.3 Å². The molecule has 0 aliphatic carbocycles. The predicted octanol–water partition coefficient (Wildman–Crippen LogP) is 2.02. The molecule has 0 aliphatic rings. The summed E-state index contributed by atoms with van der Waals surface area (Å²) in [5.41, 5.74) is 1.14. The highest BCUT2D eigenvalue weighted by Gasteiger charge is 2.05. The van der Waals surface area contributed by atoms with Gasteiger partial charge in [-0.05, 0) is 24.3 Å². The van der Waals surface area contributed by atoms with E-state index in [1.807, 2.05) is 0 Å². The summed E-state index contributed by atoms with van der Waals surface area (Å²) in [5.74, 6) is -0.192. The highest BCUT2D eigenvalue weighted by Crippen LogP contribution is 2.10. The molecule has 0 bridgehead atoms. The SMILES string of the molecule is O=C(Nc1cncnc1)c1ccc(S)cc1. The first-order chi connectivity index (χ1) is 7.75. The van der Waals surface area contributed by atoms with Crippen molar-refractivity contribution in [3.63, 3.8) is 0 Å². The van der Waals surface area contributed by atoms with Crippen LogP contribution < -0.4 is 5.32 Å². The maximum atomic E-state index is 11.7. The predicted molar refractivity (Wildman–Crippen MR) is 63.7 cm³/mol. The number of thiol groups is 1. The van der Waals surface area contributed by atoms with Gasteiger partial charge in [0.1, 0.15) is 6.33 Å². The third kappa shape index (κ3) is 2.58. The van der Waals surface area contributed by atoms with Gasteiger partial charge in [-0.3, -0.25) is 4.79 Å². The van der Waals surface area contributed by atoms with Crippen LogP contribution in [0.2, 0.25) is 0 Å². The third-order valence-corrected chi connectivity index (χ3v) is 2.25. The number of hydrogen-bond donors (Lipinski definition) is 2. The van der Waals surface area contributed by atoms with Gasteiger partial charge in [0, 0.05) is 10.5 Å². The molecule has 1 aromatic carbocycles. The molecule has 1 heterocycles. The lowest BCUT2D eigenvalue weighted by Gasteiger charge is -2.03. The second-order valence-electron chi connectivity index (χ2n) is 3.13. The molecular formula is C11H9N3OS. The second-order valence-corrected chi connectivity index (χ2v) is 3.64. The number of nitrogens with one attached hydrogen (secondary N) is 1. The Morgan fingerprint density at radius 3 is 2.38 bits per heavy atom. The average molecular weight is 231 g/mol. The first kappa shape index (κ1) is 10.6. The Labute approximate surface area is 98.2 Å². The zero-order valence-electron chi connectivity index (χ0n) is 8.29. The minimum atomic E-state index is -0.192. The Morgan fingerprint density at radius 1 is 1.12 bits per heavy atom. The van der Waals surface area contributed by atoms with Crippen molar-refractivity contribution in [3.8, 4) is 0 Å². The molecule has 0 spiro atoms. The van der Waals surface area contributed by atoms with Gasteiger partial charge in [-0.15, -0.1) is 12.6 Å². The molecule has 0 aliphatic heterocycles. The van der Waals surface area contributed by atoms with Crippen LogP contribution in [0.5, 0.6) is 0 Å². The van der Waals surface area contributed by atoms with Crippen molar-refractivity contribution in [2.45, 2.75) is 4.90 Å². The fraction of sp³-hybridized carbons (Fsp3) is 0. The molecule has 0 unspecified atom stereocenters. The smallest absolute Gasteiger partial charge is 0.255 e. The number of carbonyl (C=O) groups is 1. The van der Waals surface area contributed by atoms with Gasteiger partial charge >= 0.3 is 0 Å². The van der Waals surface area contributed by atoms with E-state index >= 15 is 0 Å². The Kier molecular flexibility index (Phi) is 3.16. The van der Waals surface area contributed by atoms with E-state index in [9.17, 15) is 4.79 Å². The van der Waals surface area contributed by atoms with Crippen molar-refractivity contribution in [2.24, 2.45) is 0 Å². The van der Waals surface area contributed by atoms with Gasteiger partial charge < -0.3 is 5.32 Å². The summed E-state index contributed by atoms with van der Waals surface area (Å²) in [6.07, 6.45) is 4.49. The minimum absolute atomic E-state index is 0.192. The van der Waals surface area contributed by atoms with E-state index in [0.29, 0.717) is 11.3 Å². The van der Waals surface area contributed by atoms with Crippen LogP contribution in [0.4, 0.5) is 5.69 Å². The van der Waals surface area contributed by atoms with Crippen molar-refractivity contribution >= 4 is 24.2 Å². The molecule has 0 atom stereocenters. The van der Waals surface area contributed by atoms with Crippen LogP contribution in [-0.2, 0) is 0 Å². The number of rotatable bonds is 2. The largest absolute Gasteiger partial charge is 0.319 e. The lowest BCUT2D eigenvalue weighted by atomic mass is 10.2. The summed E-state index contributed by atoms with van der Waals surface area (Å²) in [4.78, 5) is 20.2. The van der Waals surface area contributed by atoms with Crippen LogP contribution in [0.25, 0.3) is 0 Å². The fourth-order valence-electron chi connectivity index (χ4n) is 1.18. The van der Waals surface area contributed by atoms with Gasteiger partial charge in [0.25, 0.3) is 5.91 Å². The van der Waals surface area contributed by atoms with Crippen LogP contribution in [0.3, 0.4) is 0 Å². The van der Waals surface area contributed by atoms with Crippen molar-refractivity contribution < 1.29 is 4.79 Å². The molecule has 1 N–H and O–H groups in total. The van der Waals surface area contributed by atoms with Crippen LogP contribution in [0, 0.1) is 0 Å². The highest BCUT2D eigenvalue weighted by molar-refractivity contribution is 7.80. The van der Waals surface area contributed by atoms with Crippen molar-refractivity contribution in [2.75, 3.05) is 5.32 Å². The summed E-state index contributed by atoms with van der Waals surface area (Å²) in [6.45, 7) is 0. The summed E-state index contributed by atoms with van der Waals surface area (Å²) in [7, 11) is 0. The first-order valence-corrected chi connectivity index (χ1v) is 5.06. The van der Waals surface area contributed by atoms with Gasteiger partial charge in [-0.1, -0.05) is 0 Å². The van der Waals surface area contributed by atoms with Crippen LogP contribution in [0.15, 0.2) is 47.9 Å². The molecule has 4 nitrogen and oxygen atoms in total. The molecule has 2 rings (SSSR count). The fourth-order valence-corrected chi connectivity index (χ4v) is 1.33. The van der Waals surface area contributed by atoms with Crippen molar-refractivity contribution in [3.05, 3.63) is 48.5 Å². The molecule has 80 valence electrons. The molecule has 0 saturated carbocycles. The molecule has 2 aromatic rings. The number of benzene rings is 1. The molecule has 0 fully saturated rings. The first-order valence-electron chi connectivity index (χ1n) is 4.61. The maximum Gasteiger partial charge on any atom is 0.255 e. The summed E-state index contributed by atoms with van der Waals surface area (Å²) in [6, 6.07) is 6.95. The summed E-state index contributed by atoms with van der Waals surface area (Å²) >= 11 is 4.15. The molecular weight excluding hydrogens is 222 g/mol. The number of hydrogen-bond acceptors (Lipinski definition) is 4. The van der Waals surface area contributed by atoms with E-state index in [-0.39, 0.29) is 5.91 Å². The quantitative estimate of drug-likeness (QED) is 0.777. The Balaban J connectivity index is 2.12. The summed E-state index contributed by atoms with van der Waals surface area (Å²) in [5, 5.41) is 2.69. The van der Waals surface area contributed by atoms with E-state index in [4.69, 9.17) is 0 Å². The summed E-state index contributed by atoms with van der Waals surface area (Å²) < 4.78 is 0. The lowest BCUT2D eigenvalue weighted by molar-refractivity contribution is 0.102. The monoisotopic (exact) mass is 231 g/mol. The number of amides is 1. The number of anilines is 1. The topological polar surface area (TPSA) is 54.9 Å². The number of carbonyl (C=O) groups excluding carboxylic acids is 1. The lowest BCUT2D eigenvalue weighted by Crippen LogP contribution is -2.11. The van der Waals surface area contributed by atoms with Crippen LogP contribution in [-0.4, -0.2) is 15.9 Å². The molecule has 1 aromatic heterocycles. The van der Waals surface area contributed by atoms with Crippen molar-refractivity contribution in [1.29, 1.82) is 0 Å². The number of nitrogens with zero attached hydrogens (tertiary/aromatic N) is 2. The van der Waals surface area contributed by atoms with E-state index < -0.39 is 0 Å². The normalized spacial score (nSPS) is 9.81. The van der Waals surface area contributed by atoms with Crippen LogP contribution in [0.1, 0.15) is 10.4 Å². The zero-order valence-corrected chi connectivity index (χ0v) is 9.19. The van der Waals surface area contributed by atoms with Crippen molar-refractivity contribution in [1.82, 2.24) is 9.97 Å². The highest BCUT2D eigenvalue weighted by atomic mass is 32.1. The molecule has 5 heteroatoms.